The van der Waals surface area contributed by atoms with Gasteiger partial charge in [0.2, 0.25) is 11.8 Å². The molecule has 2 heterocycles. The molecule has 1 aliphatic heterocycles. The lowest BCUT2D eigenvalue weighted by Gasteiger charge is -2.43. The molecule has 1 unspecified atom stereocenters. The van der Waals surface area contributed by atoms with Gasteiger partial charge >= 0.3 is 6.03 Å². The normalized spacial score (nSPS) is 24.9. The van der Waals surface area contributed by atoms with Gasteiger partial charge in [-0.2, -0.15) is 9.35 Å². The van der Waals surface area contributed by atoms with E-state index in [0.717, 1.165) is 5.06 Å². The van der Waals surface area contributed by atoms with Crippen LogP contribution < -0.4 is 5.73 Å². The average Bonchev–Trinajstić information content (AvgIpc) is 3.09. The summed E-state index contributed by atoms with van der Waals surface area (Å²) in [6.07, 6.45) is 1.81. The molecule has 2 fully saturated rings. The van der Waals surface area contributed by atoms with E-state index < -0.39 is 29.0 Å². The summed E-state index contributed by atoms with van der Waals surface area (Å²) in [5.41, 5.74) is 4.84. The first-order valence-corrected chi connectivity index (χ1v) is 7.91. The van der Waals surface area contributed by atoms with Gasteiger partial charge in [0.05, 0.1) is 12.1 Å². The van der Waals surface area contributed by atoms with Crippen molar-refractivity contribution in [1.82, 2.24) is 20.2 Å². The Morgan fingerprint density at radius 1 is 1.55 bits per heavy atom. The molecule has 122 valence electrons. The fraction of sp³-hybridized carbons (Fsp3) is 0.727. The SMILES string of the molecule is CCN1C(=O)N(OS(=O)[O-])C2(CC2)C[C@H]1c1nnc(CN)o1. The number of amides is 2. The van der Waals surface area contributed by atoms with Crippen LogP contribution in [0.1, 0.15) is 44.0 Å². The third-order valence-electron chi connectivity index (χ3n) is 4.05. The number of nitrogens with zero attached hydrogens (tertiary/aromatic N) is 4. The van der Waals surface area contributed by atoms with Gasteiger partial charge < -0.3 is 19.6 Å². The molecule has 2 amide bonds. The maximum Gasteiger partial charge on any atom is 0.346 e. The summed E-state index contributed by atoms with van der Waals surface area (Å²) >= 11 is -2.80. The lowest BCUT2D eigenvalue weighted by molar-refractivity contribution is -0.103. The molecule has 1 spiro atoms. The molecule has 2 atom stereocenters. The van der Waals surface area contributed by atoms with Crippen molar-refractivity contribution in [2.45, 2.75) is 44.3 Å². The van der Waals surface area contributed by atoms with Crippen LogP contribution in [0.4, 0.5) is 4.79 Å². The zero-order valence-electron chi connectivity index (χ0n) is 11.9. The Morgan fingerprint density at radius 3 is 2.77 bits per heavy atom. The minimum Gasteiger partial charge on any atom is -0.748 e. The Kier molecular flexibility index (Phi) is 3.89. The van der Waals surface area contributed by atoms with Crippen LogP contribution in [0.15, 0.2) is 4.42 Å². The fourth-order valence-electron chi connectivity index (χ4n) is 2.79. The second-order valence-electron chi connectivity index (χ2n) is 5.32. The Morgan fingerprint density at radius 2 is 2.27 bits per heavy atom. The summed E-state index contributed by atoms with van der Waals surface area (Å²) in [6, 6.07) is -0.930. The number of urea groups is 1. The molecule has 0 bridgehead atoms. The zero-order chi connectivity index (χ0) is 15.9. The summed E-state index contributed by atoms with van der Waals surface area (Å²) in [7, 11) is 0. The molecule has 2 N–H and O–H groups in total. The third kappa shape index (κ3) is 2.49. The number of hydroxylamine groups is 2. The highest BCUT2D eigenvalue weighted by molar-refractivity contribution is 7.74. The molecule has 22 heavy (non-hydrogen) atoms. The molecule has 1 aromatic heterocycles. The number of hydrogen-bond acceptors (Lipinski definition) is 8. The van der Waals surface area contributed by atoms with Crippen LogP contribution in [0.2, 0.25) is 0 Å². The van der Waals surface area contributed by atoms with Crippen molar-refractivity contribution in [2.75, 3.05) is 6.54 Å². The van der Waals surface area contributed by atoms with Crippen molar-refractivity contribution in [2.24, 2.45) is 5.73 Å². The van der Waals surface area contributed by atoms with E-state index in [4.69, 9.17) is 14.4 Å². The largest absolute Gasteiger partial charge is 0.748 e. The van der Waals surface area contributed by atoms with Gasteiger partial charge in [-0.3, -0.25) is 0 Å². The van der Waals surface area contributed by atoms with E-state index in [2.05, 4.69) is 10.2 Å². The second kappa shape index (κ2) is 5.57. The highest BCUT2D eigenvalue weighted by Crippen LogP contribution is 2.52. The summed E-state index contributed by atoms with van der Waals surface area (Å²) in [4.78, 5) is 14.0. The molecular weight excluding hydrogens is 314 g/mol. The summed E-state index contributed by atoms with van der Waals surface area (Å²) in [5.74, 6) is 0.604. The van der Waals surface area contributed by atoms with E-state index in [1.54, 1.807) is 6.92 Å². The van der Waals surface area contributed by atoms with Gasteiger partial charge in [0.15, 0.2) is 0 Å². The maximum atomic E-state index is 12.5. The Labute approximate surface area is 129 Å². The predicted octanol–water partition coefficient (Wildman–Crippen LogP) is -0.0247. The van der Waals surface area contributed by atoms with Gasteiger partial charge in [-0.05, 0) is 19.8 Å². The van der Waals surface area contributed by atoms with Gasteiger partial charge in [-0.25, -0.2) is 9.00 Å². The number of carbonyl (C=O) groups excluding carboxylic acids is 1. The molecule has 2 aliphatic rings. The maximum absolute atomic E-state index is 12.5. The van der Waals surface area contributed by atoms with E-state index >= 15 is 0 Å². The fourth-order valence-corrected chi connectivity index (χ4v) is 3.13. The second-order valence-corrected chi connectivity index (χ2v) is 5.88. The van der Waals surface area contributed by atoms with Crippen molar-refractivity contribution in [3.8, 4) is 0 Å². The van der Waals surface area contributed by atoms with Gasteiger partial charge in [0, 0.05) is 13.0 Å². The zero-order valence-corrected chi connectivity index (χ0v) is 12.7. The number of carbonyl (C=O) groups is 1. The number of aromatic nitrogens is 2. The monoisotopic (exact) mass is 330 g/mol. The molecule has 1 aliphatic carbocycles. The highest BCUT2D eigenvalue weighted by Gasteiger charge is 2.59. The molecule has 3 rings (SSSR count). The van der Waals surface area contributed by atoms with Crippen molar-refractivity contribution in [3.63, 3.8) is 0 Å². The van der Waals surface area contributed by atoms with E-state index in [0.29, 0.717) is 37.6 Å². The van der Waals surface area contributed by atoms with Crippen molar-refractivity contribution in [3.05, 3.63) is 11.8 Å². The molecular formula is C11H16N5O5S-. The average molecular weight is 330 g/mol. The number of rotatable bonds is 5. The quantitative estimate of drug-likeness (QED) is 0.743. The molecule has 10 nitrogen and oxygen atoms in total. The van der Waals surface area contributed by atoms with E-state index in [-0.39, 0.29) is 6.54 Å². The Hall–Kier alpha value is -1.56. The van der Waals surface area contributed by atoms with Crippen LogP contribution in [0.3, 0.4) is 0 Å². The summed E-state index contributed by atoms with van der Waals surface area (Å²) < 4.78 is 31.8. The van der Waals surface area contributed by atoms with Crippen LogP contribution in [0.25, 0.3) is 0 Å². The van der Waals surface area contributed by atoms with Crippen molar-refractivity contribution < 1.29 is 22.3 Å². The first-order valence-electron chi connectivity index (χ1n) is 6.91. The molecule has 1 saturated carbocycles. The van der Waals surface area contributed by atoms with E-state index in [1.807, 2.05) is 0 Å². The molecule has 11 heteroatoms. The van der Waals surface area contributed by atoms with Crippen molar-refractivity contribution in [1.29, 1.82) is 0 Å². The van der Waals surface area contributed by atoms with Crippen LogP contribution in [0, 0.1) is 0 Å². The molecule has 0 aromatic carbocycles. The van der Waals surface area contributed by atoms with Gasteiger partial charge in [-0.15, -0.1) is 10.2 Å². The molecule has 0 radical (unpaired) electrons. The highest BCUT2D eigenvalue weighted by atomic mass is 32.2. The predicted molar refractivity (Wildman–Crippen MR) is 71.1 cm³/mol. The van der Waals surface area contributed by atoms with Crippen LogP contribution in [-0.2, 0) is 22.2 Å². The van der Waals surface area contributed by atoms with Gasteiger partial charge in [0.25, 0.3) is 0 Å². The topological polar surface area (TPSA) is 138 Å². The van der Waals surface area contributed by atoms with Gasteiger partial charge in [-0.1, -0.05) is 0 Å². The standard InChI is InChI=1S/C11H17N5O5S/c1-2-15-7(9-14-13-8(6-12)20-9)5-11(3-4-11)16(10(15)17)21-22(18)19/h7H,2-6,12H2,1H3,(H,18,19)/p-1/t7-/m0/s1. The Bertz CT molecular complexity index is 603. The van der Waals surface area contributed by atoms with E-state index in [1.165, 1.54) is 4.90 Å². The molecule has 1 aromatic rings. The van der Waals surface area contributed by atoms with Crippen LogP contribution in [-0.4, -0.2) is 47.0 Å². The first-order chi connectivity index (χ1) is 10.5. The minimum absolute atomic E-state index is 0.120. The Balaban J connectivity index is 1.90. The van der Waals surface area contributed by atoms with E-state index in [9.17, 15) is 13.6 Å². The van der Waals surface area contributed by atoms with Crippen molar-refractivity contribution >= 4 is 17.4 Å². The van der Waals surface area contributed by atoms with Gasteiger partial charge in [0.1, 0.15) is 17.4 Å². The first kappa shape index (κ1) is 15.3. The number of nitrogens with two attached hydrogens (primary N) is 1. The smallest absolute Gasteiger partial charge is 0.346 e. The third-order valence-corrected chi connectivity index (χ3v) is 4.32. The summed E-state index contributed by atoms with van der Waals surface area (Å²) in [6.45, 7) is 2.25. The minimum atomic E-state index is -2.80. The van der Waals surface area contributed by atoms with Crippen LogP contribution in [0.5, 0.6) is 0 Å². The molecule has 1 saturated heterocycles. The number of hydrogen-bond donors (Lipinski definition) is 1. The lowest BCUT2D eigenvalue weighted by Crippen LogP contribution is -2.56. The lowest BCUT2D eigenvalue weighted by atomic mass is 10.0. The van der Waals surface area contributed by atoms with Crippen LogP contribution >= 0.6 is 0 Å². The summed E-state index contributed by atoms with van der Waals surface area (Å²) in [5, 5.41) is 8.72.